The Hall–Kier alpha value is -3.72. The molecule has 0 bridgehead atoms. The zero-order valence-electron chi connectivity index (χ0n) is 17.6. The molecule has 4 rings (SSSR count). The van der Waals surface area contributed by atoms with E-state index in [2.05, 4.69) is 5.32 Å². The highest BCUT2D eigenvalue weighted by Gasteiger charge is 2.27. The van der Waals surface area contributed by atoms with E-state index in [0.717, 1.165) is 9.87 Å². The monoisotopic (exact) mass is 454 g/mol. The van der Waals surface area contributed by atoms with Gasteiger partial charge in [-0.1, -0.05) is 17.7 Å². The molecule has 0 aromatic heterocycles. The predicted molar refractivity (Wildman–Crippen MR) is 120 cm³/mol. The van der Waals surface area contributed by atoms with Gasteiger partial charge in [0, 0.05) is 11.8 Å². The summed E-state index contributed by atoms with van der Waals surface area (Å²) in [6.45, 7) is 1.61. The number of benzene rings is 3. The normalized spacial score (nSPS) is 12.3. The van der Waals surface area contributed by atoms with Gasteiger partial charge in [-0.05, 0) is 55.5 Å². The molecule has 0 radical (unpaired) electrons. The lowest BCUT2D eigenvalue weighted by molar-refractivity contribution is -0.114. The van der Waals surface area contributed by atoms with E-state index in [9.17, 15) is 13.2 Å². The standard InChI is InChI=1S/C23H22N2O6S/c1-16-3-6-18(7-4-16)25(32(27,28)20-10-8-19(29-2)9-11-20)14-23(26)24-17-5-12-21-22(13-17)31-15-30-21/h3-13H,14-15H2,1-2H3,(H,24,26). The molecular formula is C23H22N2O6S. The van der Waals surface area contributed by atoms with Gasteiger partial charge in [0.2, 0.25) is 12.7 Å². The fraction of sp³-hybridized carbons (Fsp3) is 0.174. The Morgan fingerprint density at radius 3 is 2.38 bits per heavy atom. The number of carbonyl (C=O) groups excluding carboxylic acids is 1. The van der Waals surface area contributed by atoms with Crippen molar-refractivity contribution in [2.45, 2.75) is 11.8 Å². The van der Waals surface area contributed by atoms with E-state index in [4.69, 9.17) is 14.2 Å². The summed E-state index contributed by atoms with van der Waals surface area (Å²) in [5.41, 5.74) is 1.83. The Morgan fingerprint density at radius 2 is 1.69 bits per heavy atom. The summed E-state index contributed by atoms with van der Waals surface area (Å²) in [6, 6.07) is 17.9. The van der Waals surface area contributed by atoms with Crippen LogP contribution < -0.4 is 23.8 Å². The average molecular weight is 455 g/mol. The second-order valence-electron chi connectivity index (χ2n) is 7.14. The van der Waals surface area contributed by atoms with Gasteiger partial charge in [0.15, 0.2) is 11.5 Å². The number of rotatable bonds is 7. The molecule has 0 aliphatic carbocycles. The number of ether oxygens (including phenoxy) is 3. The van der Waals surface area contributed by atoms with E-state index in [0.29, 0.717) is 28.6 Å². The molecule has 0 unspecified atom stereocenters. The lowest BCUT2D eigenvalue weighted by Crippen LogP contribution is -2.38. The van der Waals surface area contributed by atoms with Crippen LogP contribution in [-0.4, -0.2) is 34.8 Å². The maximum Gasteiger partial charge on any atom is 0.264 e. The molecule has 1 aliphatic rings. The Kier molecular flexibility index (Phi) is 5.91. The molecule has 3 aromatic rings. The molecule has 1 N–H and O–H groups in total. The first-order valence-corrected chi connectivity index (χ1v) is 11.2. The number of aryl methyl sites for hydroxylation is 1. The number of hydrogen-bond acceptors (Lipinski definition) is 6. The van der Waals surface area contributed by atoms with Crippen LogP contribution in [0.4, 0.5) is 11.4 Å². The molecule has 166 valence electrons. The highest BCUT2D eigenvalue weighted by atomic mass is 32.2. The predicted octanol–water partition coefficient (Wildman–Crippen LogP) is 3.57. The minimum absolute atomic E-state index is 0.0507. The first kappa shape index (κ1) is 21.5. The molecule has 1 aliphatic heterocycles. The summed E-state index contributed by atoms with van der Waals surface area (Å²) in [5, 5.41) is 2.72. The van der Waals surface area contributed by atoms with Gasteiger partial charge in [-0.15, -0.1) is 0 Å². The molecule has 1 heterocycles. The third-order valence-electron chi connectivity index (χ3n) is 4.91. The second-order valence-corrected chi connectivity index (χ2v) is 9.00. The van der Waals surface area contributed by atoms with E-state index < -0.39 is 22.5 Å². The minimum Gasteiger partial charge on any atom is -0.497 e. The van der Waals surface area contributed by atoms with Crippen molar-refractivity contribution >= 4 is 27.3 Å². The maximum atomic E-state index is 13.4. The molecule has 1 amide bonds. The molecule has 9 heteroatoms. The van der Waals surface area contributed by atoms with Crippen LogP contribution in [0.15, 0.2) is 71.6 Å². The Bertz CT molecular complexity index is 1220. The van der Waals surface area contributed by atoms with Crippen LogP contribution in [0.25, 0.3) is 0 Å². The first-order valence-electron chi connectivity index (χ1n) is 9.80. The summed E-state index contributed by atoms with van der Waals surface area (Å²) < 4.78 is 43.6. The average Bonchev–Trinajstić information content (AvgIpc) is 3.26. The molecule has 32 heavy (non-hydrogen) atoms. The zero-order valence-corrected chi connectivity index (χ0v) is 18.4. The van der Waals surface area contributed by atoms with Crippen molar-refractivity contribution in [3.05, 3.63) is 72.3 Å². The quantitative estimate of drug-likeness (QED) is 0.587. The van der Waals surface area contributed by atoms with Gasteiger partial charge in [0.25, 0.3) is 10.0 Å². The zero-order chi connectivity index (χ0) is 22.7. The summed E-state index contributed by atoms with van der Waals surface area (Å²) in [4.78, 5) is 12.9. The smallest absolute Gasteiger partial charge is 0.264 e. The highest BCUT2D eigenvalue weighted by molar-refractivity contribution is 7.92. The lowest BCUT2D eigenvalue weighted by atomic mass is 10.2. The van der Waals surface area contributed by atoms with Crippen molar-refractivity contribution in [2.24, 2.45) is 0 Å². The van der Waals surface area contributed by atoms with Crippen molar-refractivity contribution in [1.82, 2.24) is 0 Å². The van der Waals surface area contributed by atoms with Gasteiger partial charge in [-0.25, -0.2) is 8.42 Å². The van der Waals surface area contributed by atoms with E-state index in [1.54, 1.807) is 54.6 Å². The topological polar surface area (TPSA) is 94.2 Å². The summed E-state index contributed by atoms with van der Waals surface area (Å²) >= 11 is 0. The van der Waals surface area contributed by atoms with Gasteiger partial charge in [0.05, 0.1) is 17.7 Å². The van der Waals surface area contributed by atoms with Crippen molar-refractivity contribution < 1.29 is 27.4 Å². The summed E-state index contributed by atoms with van der Waals surface area (Å²) in [6.07, 6.45) is 0. The third kappa shape index (κ3) is 4.47. The van der Waals surface area contributed by atoms with E-state index >= 15 is 0 Å². The van der Waals surface area contributed by atoms with Crippen LogP contribution in [0.2, 0.25) is 0 Å². The third-order valence-corrected chi connectivity index (χ3v) is 6.70. The molecule has 0 saturated carbocycles. The van der Waals surface area contributed by atoms with Crippen molar-refractivity contribution in [3.63, 3.8) is 0 Å². The number of nitrogens with zero attached hydrogens (tertiary/aromatic N) is 1. The van der Waals surface area contributed by atoms with E-state index in [1.807, 2.05) is 6.92 Å². The summed E-state index contributed by atoms with van der Waals surface area (Å²) in [5.74, 6) is 1.14. The highest BCUT2D eigenvalue weighted by Crippen LogP contribution is 2.34. The van der Waals surface area contributed by atoms with Crippen LogP contribution in [0.1, 0.15) is 5.56 Å². The Morgan fingerprint density at radius 1 is 1.00 bits per heavy atom. The largest absolute Gasteiger partial charge is 0.497 e. The number of hydrogen-bond donors (Lipinski definition) is 1. The van der Waals surface area contributed by atoms with Gasteiger partial charge in [-0.2, -0.15) is 0 Å². The van der Waals surface area contributed by atoms with Gasteiger partial charge >= 0.3 is 0 Å². The van der Waals surface area contributed by atoms with Crippen LogP contribution >= 0.6 is 0 Å². The number of sulfonamides is 1. The van der Waals surface area contributed by atoms with Gasteiger partial charge < -0.3 is 19.5 Å². The molecule has 0 fully saturated rings. The molecule has 0 spiro atoms. The molecular weight excluding hydrogens is 432 g/mol. The fourth-order valence-electron chi connectivity index (χ4n) is 3.21. The summed E-state index contributed by atoms with van der Waals surface area (Å²) in [7, 11) is -2.51. The minimum atomic E-state index is -4.02. The SMILES string of the molecule is COc1ccc(S(=O)(=O)N(CC(=O)Nc2ccc3c(c2)OCO3)c2ccc(C)cc2)cc1. The van der Waals surface area contributed by atoms with Crippen LogP contribution in [-0.2, 0) is 14.8 Å². The first-order chi connectivity index (χ1) is 15.4. The Balaban J connectivity index is 1.61. The number of carbonyl (C=O) groups is 1. The number of anilines is 2. The number of amides is 1. The molecule has 8 nitrogen and oxygen atoms in total. The fourth-order valence-corrected chi connectivity index (χ4v) is 4.63. The maximum absolute atomic E-state index is 13.4. The number of methoxy groups -OCH3 is 1. The van der Waals surface area contributed by atoms with Crippen LogP contribution in [0.5, 0.6) is 17.2 Å². The molecule has 0 saturated heterocycles. The van der Waals surface area contributed by atoms with E-state index in [-0.39, 0.29) is 11.7 Å². The van der Waals surface area contributed by atoms with Gasteiger partial charge in [-0.3, -0.25) is 9.10 Å². The van der Waals surface area contributed by atoms with Crippen LogP contribution in [0.3, 0.4) is 0 Å². The Labute approximate surface area is 186 Å². The van der Waals surface area contributed by atoms with E-state index in [1.165, 1.54) is 19.2 Å². The number of nitrogens with one attached hydrogen (secondary N) is 1. The van der Waals surface area contributed by atoms with Crippen molar-refractivity contribution in [2.75, 3.05) is 30.1 Å². The second kappa shape index (κ2) is 8.80. The van der Waals surface area contributed by atoms with Gasteiger partial charge in [0.1, 0.15) is 12.3 Å². The molecule has 3 aromatic carbocycles. The van der Waals surface area contributed by atoms with Crippen LogP contribution in [0, 0.1) is 6.92 Å². The number of fused-ring (bicyclic) bond motifs is 1. The lowest BCUT2D eigenvalue weighted by Gasteiger charge is -2.24. The van der Waals surface area contributed by atoms with Crippen molar-refractivity contribution in [1.29, 1.82) is 0 Å². The molecule has 0 atom stereocenters. The van der Waals surface area contributed by atoms with Crippen molar-refractivity contribution in [3.8, 4) is 17.2 Å².